The van der Waals surface area contributed by atoms with Crippen molar-refractivity contribution in [2.45, 2.75) is 51.5 Å². The number of likely N-dealkylation sites (tertiary alicyclic amines) is 1. The van der Waals surface area contributed by atoms with Gasteiger partial charge in [0.05, 0.1) is 11.3 Å². The van der Waals surface area contributed by atoms with Crippen molar-refractivity contribution < 1.29 is 14.7 Å². The van der Waals surface area contributed by atoms with Gasteiger partial charge in [-0.3, -0.25) is 14.3 Å². The summed E-state index contributed by atoms with van der Waals surface area (Å²) in [6, 6.07) is 0. The molecule has 138 valence electrons. The minimum atomic E-state index is -0.809. The van der Waals surface area contributed by atoms with Crippen molar-refractivity contribution in [3.05, 3.63) is 17.0 Å². The number of aliphatic hydroxyl groups is 1. The first-order chi connectivity index (χ1) is 11.9. The second-order valence-corrected chi connectivity index (χ2v) is 7.50. The molecule has 1 aromatic rings. The zero-order chi connectivity index (χ0) is 18.2. The van der Waals surface area contributed by atoms with Crippen LogP contribution < -0.4 is 5.32 Å². The summed E-state index contributed by atoms with van der Waals surface area (Å²) >= 11 is 0. The third kappa shape index (κ3) is 3.17. The number of carbonyl (C=O) groups excluding carboxylic acids is 2. The molecule has 3 rings (SSSR count). The SMILES string of the molecule is Cc1nn(C)c(C)c1C(=O)NC1(C(=O)N2CCC(CO)C2)CCCC1. The van der Waals surface area contributed by atoms with Crippen molar-refractivity contribution in [2.24, 2.45) is 13.0 Å². The van der Waals surface area contributed by atoms with Crippen LogP contribution in [0.25, 0.3) is 0 Å². The lowest BCUT2D eigenvalue weighted by Gasteiger charge is -2.33. The van der Waals surface area contributed by atoms with Crippen LogP contribution in [0.2, 0.25) is 0 Å². The van der Waals surface area contributed by atoms with E-state index in [1.165, 1.54) is 0 Å². The summed E-state index contributed by atoms with van der Waals surface area (Å²) in [7, 11) is 1.81. The highest BCUT2D eigenvalue weighted by molar-refractivity contribution is 6.01. The van der Waals surface area contributed by atoms with Crippen molar-refractivity contribution >= 4 is 11.8 Å². The van der Waals surface area contributed by atoms with Gasteiger partial charge < -0.3 is 15.3 Å². The van der Waals surface area contributed by atoms with E-state index in [0.29, 0.717) is 37.2 Å². The summed E-state index contributed by atoms with van der Waals surface area (Å²) in [5.74, 6) is -0.0503. The average Bonchev–Trinajstić information content (AvgIpc) is 3.28. The molecule has 1 saturated heterocycles. The molecule has 25 heavy (non-hydrogen) atoms. The summed E-state index contributed by atoms with van der Waals surface area (Å²) in [6.45, 7) is 5.03. The Kier molecular flexibility index (Phi) is 4.86. The number of carbonyl (C=O) groups is 2. The molecule has 2 N–H and O–H groups in total. The van der Waals surface area contributed by atoms with Crippen LogP contribution in [0.4, 0.5) is 0 Å². The number of nitrogens with zero attached hydrogens (tertiary/aromatic N) is 3. The fraction of sp³-hybridized carbons (Fsp3) is 0.722. The van der Waals surface area contributed by atoms with Crippen molar-refractivity contribution in [2.75, 3.05) is 19.7 Å². The number of hydrogen-bond donors (Lipinski definition) is 2. The molecule has 1 atom stereocenters. The summed E-state index contributed by atoms with van der Waals surface area (Å²) in [5, 5.41) is 16.7. The van der Waals surface area contributed by atoms with Crippen molar-refractivity contribution in [1.82, 2.24) is 20.0 Å². The minimum absolute atomic E-state index is 0.00787. The van der Waals surface area contributed by atoms with E-state index in [1.54, 1.807) is 4.68 Å². The summed E-state index contributed by atoms with van der Waals surface area (Å²) in [6.07, 6.45) is 4.06. The zero-order valence-electron chi connectivity index (χ0n) is 15.3. The summed E-state index contributed by atoms with van der Waals surface area (Å²) in [5.41, 5.74) is 1.24. The van der Waals surface area contributed by atoms with E-state index in [4.69, 9.17) is 0 Å². The molecule has 1 unspecified atom stereocenters. The number of amides is 2. The first-order valence-corrected chi connectivity index (χ1v) is 9.11. The maximum atomic E-state index is 13.2. The highest BCUT2D eigenvalue weighted by atomic mass is 16.3. The Bertz CT molecular complexity index is 676. The van der Waals surface area contributed by atoms with E-state index < -0.39 is 5.54 Å². The predicted molar refractivity (Wildman–Crippen MR) is 93.1 cm³/mol. The quantitative estimate of drug-likeness (QED) is 0.847. The molecule has 1 aliphatic heterocycles. The number of aromatic nitrogens is 2. The Balaban J connectivity index is 1.81. The van der Waals surface area contributed by atoms with Crippen LogP contribution in [-0.2, 0) is 11.8 Å². The van der Waals surface area contributed by atoms with Gasteiger partial charge in [-0.05, 0) is 33.1 Å². The van der Waals surface area contributed by atoms with Gasteiger partial charge in [0.15, 0.2) is 0 Å². The van der Waals surface area contributed by atoms with Crippen LogP contribution in [0.15, 0.2) is 0 Å². The standard InChI is InChI=1S/C18H28N4O3/c1-12-15(13(2)21(3)20-12)16(24)19-18(7-4-5-8-18)17(25)22-9-6-14(10-22)11-23/h14,23H,4-11H2,1-3H3,(H,19,24). The third-order valence-corrected chi connectivity index (χ3v) is 5.79. The minimum Gasteiger partial charge on any atom is -0.396 e. The normalized spacial score (nSPS) is 22.4. The van der Waals surface area contributed by atoms with Gasteiger partial charge in [0.25, 0.3) is 5.91 Å². The number of aliphatic hydroxyl groups excluding tert-OH is 1. The fourth-order valence-corrected chi connectivity index (χ4v) is 4.22. The lowest BCUT2D eigenvalue weighted by atomic mass is 9.94. The maximum Gasteiger partial charge on any atom is 0.255 e. The van der Waals surface area contributed by atoms with Gasteiger partial charge in [-0.25, -0.2) is 0 Å². The molecule has 0 radical (unpaired) electrons. The molecule has 7 nitrogen and oxygen atoms in total. The zero-order valence-corrected chi connectivity index (χ0v) is 15.3. The number of rotatable bonds is 4. The van der Waals surface area contributed by atoms with Crippen LogP contribution in [-0.4, -0.2) is 56.8 Å². The molecular formula is C18H28N4O3. The first kappa shape index (κ1) is 17.9. The summed E-state index contributed by atoms with van der Waals surface area (Å²) < 4.78 is 1.69. The molecule has 0 spiro atoms. The molecule has 0 bridgehead atoms. The molecular weight excluding hydrogens is 320 g/mol. The largest absolute Gasteiger partial charge is 0.396 e. The van der Waals surface area contributed by atoms with E-state index in [9.17, 15) is 14.7 Å². The Hall–Kier alpha value is -1.89. The van der Waals surface area contributed by atoms with Gasteiger partial charge in [-0.1, -0.05) is 12.8 Å². The molecule has 2 amide bonds. The Morgan fingerprint density at radius 1 is 1.32 bits per heavy atom. The molecule has 7 heteroatoms. The van der Waals surface area contributed by atoms with Crippen LogP contribution in [0.1, 0.15) is 53.8 Å². The number of aryl methyl sites for hydroxylation is 2. The maximum absolute atomic E-state index is 13.2. The van der Waals surface area contributed by atoms with Crippen molar-refractivity contribution in [3.63, 3.8) is 0 Å². The molecule has 0 aromatic carbocycles. The van der Waals surface area contributed by atoms with Gasteiger partial charge in [-0.15, -0.1) is 0 Å². The topological polar surface area (TPSA) is 87.5 Å². The molecule has 2 heterocycles. The highest BCUT2D eigenvalue weighted by Crippen LogP contribution is 2.34. The lowest BCUT2D eigenvalue weighted by Crippen LogP contribution is -2.58. The van der Waals surface area contributed by atoms with E-state index in [0.717, 1.165) is 25.0 Å². The molecule has 1 saturated carbocycles. The molecule has 1 aliphatic carbocycles. The predicted octanol–water partition coefficient (Wildman–Crippen LogP) is 0.920. The van der Waals surface area contributed by atoms with Gasteiger partial charge in [0.2, 0.25) is 5.91 Å². The van der Waals surface area contributed by atoms with E-state index in [-0.39, 0.29) is 24.3 Å². The van der Waals surface area contributed by atoms with Crippen LogP contribution >= 0.6 is 0 Å². The van der Waals surface area contributed by atoms with Crippen LogP contribution in [0.3, 0.4) is 0 Å². The monoisotopic (exact) mass is 348 g/mol. The van der Waals surface area contributed by atoms with E-state index in [2.05, 4.69) is 10.4 Å². The fourth-order valence-electron chi connectivity index (χ4n) is 4.22. The lowest BCUT2D eigenvalue weighted by molar-refractivity contribution is -0.137. The van der Waals surface area contributed by atoms with Crippen LogP contribution in [0, 0.1) is 19.8 Å². The van der Waals surface area contributed by atoms with E-state index >= 15 is 0 Å². The Morgan fingerprint density at radius 3 is 2.52 bits per heavy atom. The van der Waals surface area contributed by atoms with E-state index in [1.807, 2.05) is 25.8 Å². The Labute approximate surface area is 148 Å². The number of nitrogens with one attached hydrogen (secondary N) is 1. The van der Waals surface area contributed by atoms with Gasteiger partial charge in [0, 0.05) is 38.4 Å². The highest BCUT2D eigenvalue weighted by Gasteiger charge is 2.46. The number of hydrogen-bond acceptors (Lipinski definition) is 4. The second kappa shape index (κ2) is 6.78. The van der Waals surface area contributed by atoms with Gasteiger partial charge >= 0.3 is 0 Å². The second-order valence-electron chi connectivity index (χ2n) is 7.50. The summed E-state index contributed by atoms with van der Waals surface area (Å²) in [4.78, 5) is 27.9. The molecule has 2 fully saturated rings. The molecule has 1 aromatic heterocycles. The first-order valence-electron chi connectivity index (χ1n) is 9.11. The van der Waals surface area contributed by atoms with Gasteiger partial charge in [-0.2, -0.15) is 5.10 Å². The smallest absolute Gasteiger partial charge is 0.255 e. The Morgan fingerprint density at radius 2 is 2.00 bits per heavy atom. The average molecular weight is 348 g/mol. The van der Waals surface area contributed by atoms with Crippen molar-refractivity contribution in [1.29, 1.82) is 0 Å². The third-order valence-electron chi connectivity index (χ3n) is 5.79. The molecule has 2 aliphatic rings. The van der Waals surface area contributed by atoms with Crippen molar-refractivity contribution in [3.8, 4) is 0 Å². The van der Waals surface area contributed by atoms with Crippen LogP contribution in [0.5, 0.6) is 0 Å². The van der Waals surface area contributed by atoms with Gasteiger partial charge in [0.1, 0.15) is 5.54 Å².